The fraction of sp³-hybridized carbons (Fsp3) is 0.273. The second kappa shape index (κ2) is 2.67. The summed E-state index contributed by atoms with van der Waals surface area (Å²) < 4.78 is 5.08. The molecule has 0 radical (unpaired) electrons. The third kappa shape index (κ3) is 1.11. The van der Waals surface area contributed by atoms with Gasteiger partial charge in [-0.25, -0.2) is 4.90 Å². The Hall–Kier alpha value is -1.68. The average molecular weight is 203 g/mol. The minimum atomic E-state index is -0.813. The molecule has 1 spiro atoms. The smallest absolute Gasteiger partial charge is 0.268 e. The van der Waals surface area contributed by atoms with E-state index in [0.29, 0.717) is 12.3 Å². The van der Waals surface area contributed by atoms with Gasteiger partial charge in [0.2, 0.25) is 5.91 Å². The van der Waals surface area contributed by atoms with Gasteiger partial charge in [-0.1, -0.05) is 18.2 Å². The molecule has 0 aromatic heterocycles. The SMILES string of the molecule is O=C1CC2(CO2)C(=O)N1c1ccccc1. The number of epoxide rings is 1. The summed E-state index contributed by atoms with van der Waals surface area (Å²) in [5, 5.41) is 0. The number of benzene rings is 1. The van der Waals surface area contributed by atoms with Crippen LogP contribution in [0.1, 0.15) is 6.42 Å². The Morgan fingerprint density at radius 2 is 1.87 bits per heavy atom. The first-order chi connectivity index (χ1) is 7.23. The van der Waals surface area contributed by atoms with Crippen LogP contribution in [0.3, 0.4) is 0 Å². The van der Waals surface area contributed by atoms with Crippen molar-refractivity contribution in [3.05, 3.63) is 30.3 Å². The number of nitrogens with zero attached hydrogens (tertiary/aromatic N) is 1. The number of carbonyl (C=O) groups excluding carboxylic acids is 2. The van der Waals surface area contributed by atoms with Crippen LogP contribution in [-0.4, -0.2) is 24.0 Å². The number of hydrogen-bond donors (Lipinski definition) is 0. The van der Waals surface area contributed by atoms with Gasteiger partial charge in [-0.05, 0) is 12.1 Å². The zero-order chi connectivity index (χ0) is 10.5. The molecule has 4 heteroatoms. The van der Waals surface area contributed by atoms with Crippen LogP contribution in [0.4, 0.5) is 5.69 Å². The topological polar surface area (TPSA) is 49.9 Å². The van der Waals surface area contributed by atoms with E-state index in [9.17, 15) is 9.59 Å². The number of rotatable bonds is 1. The second-order valence-corrected chi connectivity index (χ2v) is 3.83. The van der Waals surface area contributed by atoms with Gasteiger partial charge < -0.3 is 4.74 Å². The molecule has 2 amide bonds. The lowest BCUT2D eigenvalue weighted by molar-refractivity contribution is -0.122. The molecule has 2 aliphatic rings. The molecule has 0 bridgehead atoms. The predicted octanol–water partition coefficient (Wildman–Crippen LogP) is 0.719. The van der Waals surface area contributed by atoms with Crippen LogP contribution < -0.4 is 4.90 Å². The van der Waals surface area contributed by atoms with Crippen LogP contribution in [-0.2, 0) is 14.3 Å². The first kappa shape index (κ1) is 8.61. The van der Waals surface area contributed by atoms with Gasteiger partial charge in [0.15, 0.2) is 5.60 Å². The van der Waals surface area contributed by atoms with Gasteiger partial charge in [0.1, 0.15) is 0 Å². The van der Waals surface area contributed by atoms with Gasteiger partial charge in [-0.15, -0.1) is 0 Å². The molecule has 2 heterocycles. The third-order valence-electron chi connectivity index (χ3n) is 2.79. The zero-order valence-electron chi connectivity index (χ0n) is 7.97. The van der Waals surface area contributed by atoms with Crippen LogP contribution in [0.25, 0.3) is 0 Å². The van der Waals surface area contributed by atoms with E-state index in [-0.39, 0.29) is 18.2 Å². The molecule has 0 N–H and O–H groups in total. The molecular weight excluding hydrogens is 194 g/mol. The Morgan fingerprint density at radius 3 is 2.40 bits per heavy atom. The Labute approximate surface area is 86.4 Å². The predicted molar refractivity (Wildman–Crippen MR) is 52.2 cm³/mol. The van der Waals surface area contributed by atoms with E-state index in [2.05, 4.69) is 0 Å². The molecule has 4 nitrogen and oxygen atoms in total. The Balaban J connectivity index is 2.00. The number of ether oxygens (including phenoxy) is 1. The summed E-state index contributed by atoms with van der Waals surface area (Å²) in [6.07, 6.45) is 0.181. The molecule has 0 aliphatic carbocycles. The monoisotopic (exact) mass is 203 g/mol. The fourth-order valence-corrected chi connectivity index (χ4v) is 1.87. The van der Waals surface area contributed by atoms with Crippen LogP contribution in [0, 0.1) is 0 Å². The Bertz CT molecular complexity index is 436. The molecule has 2 saturated heterocycles. The van der Waals surface area contributed by atoms with Crippen molar-refractivity contribution in [3.63, 3.8) is 0 Å². The number of imide groups is 1. The van der Waals surface area contributed by atoms with E-state index < -0.39 is 5.60 Å². The summed E-state index contributed by atoms with van der Waals surface area (Å²) in [6.45, 7) is 0.376. The number of carbonyl (C=O) groups is 2. The number of anilines is 1. The van der Waals surface area contributed by atoms with Gasteiger partial charge in [0.25, 0.3) is 5.91 Å². The highest BCUT2D eigenvalue weighted by Gasteiger charge is 2.62. The van der Waals surface area contributed by atoms with E-state index in [1.807, 2.05) is 6.07 Å². The summed E-state index contributed by atoms with van der Waals surface area (Å²) in [4.78, 5) is 24.8. The number of amides is 2. The number of hydrogen-bond acceptors (Lipinski definition) is 3. The maximum Gasteiger partial charge on any atom is 0.268 e. The lowest BCUT2D eigenvalue weighted by atomic mass is 10.1. The van der Waals surface area contributed by atoms with Crippen molar-refractivity contribution < 1.29 is 14.3 Å². The van der Waals surface area contributed by atoms with Crippen molar-refractivity contribution >= 4 is 17.5 Å². The quantitative estimate of drug-likeness (QED) is 0.499. The van der Waals surface area contributed by atoms with E-state index in [1.165, 1.54) is 4.90 Å². The molecule has 3 rings (SSSR count). The molecule has 76 valence electrons. The lowest BCUT2D eigenvalue weighted by Crippen LogP contribution is -2.33. The highest BCUT2D eigenvalue weighted by Crippen LogP contribution is 2.40. The van der Waals surface area contributed by atoms with E-state index in [4.69, 9.17) is 4.74 Å². The second-order valence-electron chi connectivity index (χ2n) is 3.83. The summed E-state index contributed by atoms with van der Waals surface area (Å²) >= 11 is 0. The van der Waals surface area contributed by atoms with Crippen molar-refractivity contribution in [2.24, 2.45) is 0 Å². The van der Waals surface area contributed by atoms with Crippen molar-refractivity contribution in [2.45, 2.75) is 12.0 Å². The van der Waals surface area contributed by atoms with Crippen molar-refractivity contribution in [3.8, 4) is 0 Å². The normalized spacial score (nSPS) is 28.9. The van der Waals surface area contributed by atoms with Gasteiger partial charge in [-0.3, -0.25) is 9.59 Å². The molecule has 1 aromatic rings. The largest absolute Gasteiger partial charge is 0.359 e. The molecule has 1 unspecified atom stereocenters. The van der Waals surface area contributed by atoms with Crippen molar-refractivity contribution in [2.75, 3.05) is 11.5 Å². The maximum atomic E-state index is 11.9. The minimum Gasteiger partial charge on any atom is -0.359 e. The van der Waals surface area contributed by atoms with Gasteiger partial charge in [-0.2, -0.15) is 0 Å². The molecular formula is C11H9NO3. The average Bonchev–Trinajstić information content (AvgIpc) is 2.95. The number of para-hydroxylation sites is 1. The maximum absolute atomic E-state index is 11.9. The first-order valence-corrected chi connectivity index (χ1v) is 4.79. The van der Waals surface area contributed by atoms with Crippen molar-refractivity contribution in [1.29, 1.82) is 0 Å². The molecule has 2 fully saturated rings. The van der Waals surface area contributed by atoms with Gasteiger partial charge in [0, 0.05) is 0 Å². The lowest BCUT2D eigenvalue weighted by Gasteiger charge is -2.13. The summed E-state index contributed by atoms with van der Waals surface area (Å²) in [5.41, 5.74) is -0.188. The summed E-state index contributed by atoms with van der Waals surface area (Å²) in [6, 6.07) is 8.94. The van der Waals surface area contributed by atoms with Crippen LogP contribution in [0.5, 0.6) is 0 Å². The highest BCUT2D eigenvalue weighted by atomic mass is 16.6. The van der Waals surface area contributed by atoms with Crippen LogP contribution in [0.2, 0.25) is 0 Å². The van der Waals surface area contributed by atoms with Gasteiger partial charge in [0.05, 0.1) is 18.7 Å². The van der Waals surface area contributed by atoms with Crippen LogP contribution in [0.15, 0.2) is 30.3 Å². The summed E-state index contributed by atoms with van der Waals surface area (Å²) in [7, 11) is 0. The summed E-state index contributed by atoms with van der Waals surface area (Å²) in [5.74, 6) is -0.401. The van der Waals surface area contributed by atoms with Crippen molar-refractivity contribution in [1.82, 2.24) is 0 Å². The Kier molecular flexibility index (Phi) is 1.53. The molecule has 15 heavy (non-hydrogen) atoms. The standard InChI is InChI=1S/C11H9NO3/c13-9-6-11(7-15-11)10(14)12(9)8-4-2-1-3-5-8/h1-5H,6-7H2. The van der Waals surface area contributed by atoms with E-state index >= 15 is 0 Å². The minimum absolute atomic E-state index is 0.177. The zero-order valence-corrected chi connectivity index (χ0v) is 7.97. The molecule has 1 atom stereocenters. The molecule has 0 saturated carbocycles. The first-order valence-electron chi connectivity index (χ1n) is 4.79. The highest BCUT2D eigenvalue weighted by molar-refractivity contribution is 6.24. The molecule has 2 aliphatic heterocycles. The fourth-order valence-electron chi connectivity index (χ4n) is 1.87. The third-order valence-corrected chi connectivity index (χ3v) is 2.79. The molecule has 1 aromatic carbocycles. The van der Waals surface area contributed by atoms with Gasteiger partial charge >= 0.3 is 0 Å². The van der Waals surface area contributed by atoms with E-state index in [1.54, 1.807) is 24.3 Å². The van der Waals surface area contributed by atoms with Crippen LogP contribution >= 0.6 is 0 Å². The Morgan fingerprint density at radius 1 is 1.20 bits per heavy atom. The van der Waals surface area contributed by atoms with E-state index in [0.717, 1.165) is 0 Å².